The van der Waals surface area contributed by atoms with Gasteiger partial charge in [0.25, 0.3) is 0 Å². The van der Waals surface area contributed by atoms with Crippen LogP contribution in [-0.4, -0.2) is 61.8 Å². The van der Waals surface area contributed by atoms with Crippen LogP contribution in [0.25, 0.3) is 0 Å². The Morgan fingerprint density at radius 3 is 1.10 bits per heavy atom. The zero-order valence-corrected chi connectivity index (χ0v) is 41.3. The molecule has 0 unspecified atom stereocenters. The smallest absolute Gasteiger partial charge is 0.306 e. The summed E-state index contributed by atoms with van der Waals surface area (Å²) in [6.45, 7) is 15.5. The van der Waals surface area contributed by atoms with Crippen molar-refractivity contribution in [1.29, 1.82) is 0 Å². The first-order valence-electron chi connectivity index (χ1n) is 26.4. The van der Waals surface area contributed by atoms with Gasteiger partial charge < -0.3 is 19.1 Å². The Morgan fingerprint density at radius 2 is 0.733 bits per heavy atom. The van der Waals surface area contributed by atoms with E-state index in [1.54, 1.807) is 0 Å². The van der Waals surface area contributed by atoms with Gasteiger partial charge in [-0.2, -0.15) is 0 Å². The molecule has 0 amide bonds. The van der Waals surface area contributed by atoms with E-state index in [-0.39, 0.29) is 24.0 Å². The van der Waals surface area contributed by atoms with E-state index in [0.29, 0.717) is 50.4 Å². The fourth-order valence-electron chi connectivity index (χ4n) is 8.36. The highest BCUT2D eigenvalue weighted by molar-refractivity contribution is 5.70. The molecule has 7 heteroatoms. The molecule has 60 heavy (non-hydrogen) atoms. The summed E-state index contributed by atoms with van der Waals surface area (Å²) in [4.78, 5) is 39.9. The Hall–Kier alpha value is -1.63. The van der Waals surface area contributed by atoms with Crippen molar-refractivity contribution < 1.29 is 28.6 Å². The molecular formula is C53H103NO6. The normalized spacial score (nSPS) is 11.8. The van der Waals surface area contributed by atoms with Gasteiger partial charge in [0.15, 0.2) is 0 Å². The predicted octanol–water partition coefficient (Wildman–Crippen LogP) is 15.7. The molecule has 0 aromatic heterocycles. The summed E-state index contributed by atoms with van der Waals surface area (Å²) in [5.41, 5.74) is 0. The van der Waals surface area contributed by atoms with Gasteiger partial charge in [-0.3, -0.25) is 14.4 Å². The van der Waals surface area contributed by atoms with Crippen LogP contribution in [0.5, 0.6) is 0 Å². The van der Waals surface area contributed by atoms with Crippen LogP contribution in [0, 0.1) is 11.8 Å². The molecule has 0 aliphatic carbocycles. The SMILES string of the molecule is CCCCCC(CCCCC)CCOC(=O)CCCCCCCCC(CCCCCCCCC(=O)OCCC(CCCCC)CCCCC)OC(=O)CCCN(C)C(C)C. The maximum Gasteiger partial charge on any atom is 0.306 e. The minimum atomic E-state index is -0.0528. The van der Waals surface area contributed by atoms with E-state index in [2.05, 4.69) is 53.5 Å². The van der Waals surface area contributed by atoms with Crippen molar-refractivity contribution in [3.63, 3.8) is 0 Å². The number of ether oxygens (including phenoxy) is 3. The van der Waals surface area contributed by atoms with Crippen molar-refractivity contribution in [2.24, 2.45) is 11.8 Å². The molecule has 0 saturated heterocycles. The lowest BCUT2D eigenvalue weighted by molar-refractivity contribution is -0.150. The lowest BCUT2D eigenvalue weighted by atomic mass is 9.92. The maximum atomic E-state index is 12.8. The molecule has 0 aromatic carbocycles. The number of carbonyl (C=O) groups excluding carboxylic acids is 3. The fourth-order valence-corrected chi connectivity index (χ4v) is 8.36. The minimum absolute atomic E-state index is 0.000596. The second-order valence-electron chi connectivity index (χ2n) is 18.8. The van der Waals surface area contributed by atoms with E-state index in [4.69, 9.17) is 14.2 Å². The third-order valence-corrected chi connectivity index (χ3v) is 12.8. The third-order valence-electron chi connectivity index (χ3n) is 12.8. The van der Waals surface area contributed by atoms with E-state index >= 15 is 0 Å². The van der Waals surface area contributed by atoms with Gasteiger partial charge in [-0.25, -0.2) is 0 Å². The predicted molar refractivity (Wildman–Crippen MR) is 255 cm³/mol. The van der Waals surface area contributed by atoms with Gasteiger partial charge >= 0.3 is 17.9 Å². The molecule has 0 aromatic rings. The quantitative estimate of drug-likeness (QED) is 0.0343. The van der Waals surface area contributed by atoms with Crippen molar-refractivity contribution >= 4 is 17.9 Å². The minimum Gasteiger partial charge on any atom is -0.466 e. The van der Waals surface area contributed by atoms with E-state index in [9.17, 15) is 14.4 Å². The fraction of sp³-hybridized carbons (Fsp3) is 0.943. The van der Waals surface area contributed by atoms with Gasteiger partial charge in [-0.15, -0.1) is 0 Å². The zero-order valence-electron chi connectivity index (χ0n) is 41.3. The average Bonchev–Trinajstić information content (AvgIpc) is 3.22. The molecule has 0 N–H and O–H groups in total. The summed E-state index contributed by atoms with van der Waals surface area (Å²) in [6.07, 6.45) is 39.7. The Morgan fingerprint density at radius 1 is 0.400 bits per heavy atom. The van der Waals surface area contributed by atoms with Gasteiger partial charge in [-0.1, -0.05) is 182 Å². The summed E-state index contributed by atoms with van der Waals surface area (Å²) in [7, 11) is 2.11. The van der Waals surface area contributed by atoms with Crippen LogP contribution in [0.2, 0.25) is 0 Å². The Bertz CT molecular complexity index is 878. The summed E-state index contributed by atoms with van der Waals surface area (Å²) in [5.74, 6) is 1.29. The molecule has 356 valence electrons. The molecule has 0 aliphatic rings. The number of unbranched alkanes of at least 4 members (excludes halogenated alkanes) is 18. The van der Waals surface area contributed by atoms with E-state index in [0.717, 1.165) is 116 Å². The molecule has 0 heterocycles. The number of rotatable bonds is 46. The average molecular weight is 850 g/mol. The van der Waals surface area contributed by atoms with Crippen LogP contribution >= 0.6 is 0 Å². The number of carbonyl (C=O) groups is 3. The molecule has 0 bridgehead atoms. The molecule has 0 fully saturated rings. The van der Waals surface area contributed by atoms with Gasteiger partial charge in [0.1, 0.15) is 6.10 Å². The molecule has 0 radical (unpaired) electrons. The van der Waals surface area contributed by atoms with Crippen molar-refractivity contribution in [1.82, 2.24) is 4.90 Å². The molecular weight excluding hydrogens is 747 g/mol. The van der Waals surface area contributed by atoms with Crippen molar-refractivity contribution in [2.45, 2.75) is 285 Å². The van der Waals surface area contributed by atoms with E-state index in [1.165, 1.54) is 103 Å². The number of nitrogens with zero attached hydrogens (tertiary/aromatic N) is 1. The van der Waals surface area contributed by atoms with Crippen LogP contribution in [0.1, 0.15) is 273 Å². The second-order valence-corrected chi connectivity index (χ2v) is 18.8. The zero-order chi connectivity index (χ0) is 44.3. The van der Waals surface area contributed by atoms with Gasteiger partial charge in [0.2, 0.25) is 0 Å². The molecule has 7 nitrogen and oxygen atoms in total. The molecule has 0 atom stereocenters. The van der Waals surface area contributed by atoms with Crippen molar-refractivity contribution in [3.05, 3.63) is 0 Å². The van der Waals surface area contributed by atoms with Crippen LogP contribution in [0.4, 0.5) is 0 Å². The van der Waals surface area contributed by atoms with Crippen molar-refractivity contribution in [2.75, 3.05) is 26.8 Å². The number of esters is 3. The lowest BCUT2D eigenvalue weighted by Gasteiger charge is -2.21. The first-order valence-corrected chi connectivity index (χ1v) is 26.4. The van der Waals surface area contributed by atoms with Gasteiger partial charge in [-0.05, 0) is 97.1 Å². The standard InChI is InChI=1S/C53H103NO6/c1-8-12-24-33-48(34-25-13-9-2)42-45-58-51(55)39-30-22-18-16-20-28-37-50(60-53(57)41-32-44-54(7)47(5)6)38-29-21-17-19-23-31-40-52(56)59-46-43-49(35-26-14-10-3)36-27-15-11-4/h47-50H,8-46H2,1-7H3. The molecule has 0 aliphatic heterocycles. The first-order chi connectivity index (χ1) is 29.2. The highest BCUT2D eigenvalue weighted by atomic mass is 16.5. The van der Waals surface area contributed by atoms with Crippen LogP contribution in [0.3, 0.4) is 0 Å². The lowest BCUT2D eigenvalue weighted by Crippen LogP contribution is -2.28. The Balaban J connectivity index is 4.39. The number of hydrogen-bond donors (Lipinski definition) is 0. The number of hydrogen-bond acceptors (Lipinski definition) is 7. The Labute approximate surface area is 373 Å². The maximum absolute atomic E-state index is 12.8. The summed E-state index contributed by atoms with van der Waals surface area (Å²) in [5, 5.41) is 0. The molecule has 0 spiro atoms. The first kappa shape index (κ1) is 58.4. The summed E-state index contributed by atoms with van der Waals surface area (Å²) >= 11 is 0. The topological polar surface area (TPSA) is 82.1 Å². The van der Waals surface area contributed by atoms with Crippen LogP contribution < -0.4 is 0 Å². The summed E-state index contributed by atoms with van der Waals surface area (Å²) < 4.78 is 17.4. The van der Waals surface area contributed by atoms with Crippen LogP contribution in [0.15, 0.2) is 0 Å². The highest BCUT2D eigenvalue weighted by Crippen LogP contribution is 2.23. The van der Waals surface area contributed by atoms with Gasteiger partial charge in [0.05, 0.1) is 13.2 Å². The summed E-state index contributed by atoms with van der Waals surface area (Å²) in [6, 6.07) is 0.474. The third kappa shape index (κ3) is 39.2. The monoisotopic (exact) mass is 850 g/mol. The molecule has 0 rings (SSSR count). The highest BCUT2D eigenvalue weighted by Gasteiger charge is 2.16. The van der Waals surface area contributed by atoms with Crippen molar-refractivity contribution in [3.8, 4) is 0 Å². The van der Waals surface area contributed by atoms with Gasteiger partial charge in [0, 0.05) is 25.3 Å². The van der Waals surface area contributed by atoms with Crippen LogP contribution in [-0.2, 0) is 28.6 Å². The van der Waals surface area contributed by atoms with E-state index in [1.807, 2.05) is 0 Å². The molecule has 0 saturated carbocycles. The second kappa shape index (κ2) is 44.0. The Kier molecular flexibility index (Phi) is 42.8. The van der Waals surface area contributed by atoms with E-state index < -0.39 is 0 Å². The largest absolute Gasteiger partial charge is 0.466 e.